The van der Waals surface area contributed by atoms with Crippen LogP contribution in [0.5, 0.6) is 0 Å². The molecule has 0 aliphatic heterocycles. The van der Waals surface area contributed by atoms with Gasteiger partial charge >= 0.3 is 0 Å². The molecular formula is C90H106. The Morgan fingerprint density at radius 2 is 0.378 bits per heavy atom. The maximum absolute atomic E-state index is 2.33. The molecule has 466 valence electrons. The average molecular weight is 1190 g/mol. The number of benzene rings is 16. The Morgan fingerprint density at radius 3 is 0.700 bits per heavy atom. The van der Waals surface area contributed by atoms with Gasteiger partial charge in [-0.15, -0.1) is 0 Å². The van der Waals surface area contributed by atoms with Gasteiger partial charge in [-0.1, -0.05) is 317 Å². The van der Waals surface area contributed by atoms with Crippen molar-refractivity contribution in [3.05, 3.63) is 251 Å². The lowest BCUT2D eigenvalue weighted by Gasteiger charge is -2.14. The first-order chi connectivity index (χ1) is 44.0. The number of rotatable bonds is 0. The van der Waals surface area contributed by atoms with Crippen LogP contribution in [0.2, 0.25) is 0 Å². The predicted octanol–water partition coefficient (Wildman–Crippen LogP) is 29.6. The van der Waals surface area contributed by atoms with Crippen molar-refractivity contribution in [2.24, 2.45) is 0 Å². The van der Waals surface area contributed by atoms with Crippen molar-refractivity contribution < 1.29 is 0 Å². The van der Waals surface area contributed by atoms with Crippen molar-refractivity contribution in [2.75, 3.05) is 0 Å². The van der Waals surface area contributed by atoms with Crippen molar-refractivity contribution in [2.45, 2.75) is 166 Å². The lowest BCUT2D eigenvalue weighted by atomic mass is 9.90. The van der Waals surface area contributed by atoms with Crippen molar-refractivity contribution in [3.63, 3.8) is 0 Å². The van der Waals surface area contributed by atoms with E-state index in [-0.39, 0.29) is 0 Å². The topological polar surface area (TPSA) is 0 Å². The van der Waals surface area contributed by atoms with Gasteiger partial charge < -0.3 is 0 Å². The molecular weight excluding hydrogens is 1080 g/mol. The molecule has 0 aliphatic carbocycles. The fourth-order valence-electron chi connectivity index (χ4n) is 12.8. The van der Waals surface area contributed by atoms with Crippen LogP contribution in [-0.2, 0) is 0 Å². The highest BCUT2D eigenvalue weighted by Gasteiger charge is 2.14. The standard InChI is InChI=1S/C20H16.3C18H14.8C2H6/c1-13-11-19-18-10-6-4-8-16(18)14(2)12-20(19)17-9-5-3-7-15(13)17;1-11-9-13-5-4-8-16-12(2)10-14-6-3-7-15(11)17(14)18(13)16;1-11-7-13-3-5-15-9-12(2)10-16-6-4-14(8-11)17(13)18(15)16;1-11-3-5-13-8-10-16-12(2)4-6-14-7-9-15(11)17(13)18(14)16;8*1-2/h3-12H,1-2H3;3*3-10H,1-2H3;8*1-2H3. The zero-order chi connectivity index (χ0) is 66.5. The molecule has 0 bridgehead atoms. The Kier molecular flexibility index (Phi) is 27.6. The second-order valence-electron chi connectivity index (χ2n) is 21.3. The fourth-order valence-corrected chi connectivity index (χ4v) is 12.8. The van der Waals surface area contributed by atoms with E-state index < -0.39 is 0 Å². The van der Waals surface area contributed by atoms with Crippen LogP contribution in [0.1, 0.15) is 155 Å². The molecule has 0 aromatic heterocycles. The zero-order valence-electron chi connectivity index (χ0n) is 59.6. The van der Waals surface area contributed by atoms with Crippen LogP contribution in [0, 0.1) is 55.4 Å². The van der Waals surface area contributed by atoms with Gasteiger partial charge in [0.15, 0.2) is 0 Å². The van der Waals surface area contributed by atoms with Crippen LogP contribution in [-0.4, -0.2) is 0 Å². The van der Waals surface area contributed by atoms with E-state index in [4.69, 9.17) is 0 Å². The highest BCUT2D eigenvalue weighted by atomic mass is 14.2. The van der Waals surface area contributed by atoms with Crippen LogP contribution in [0.4, 0.5) is 0 Å². The fraction of sp³-hybridized carbons (Fsp3) is 0.267. The van der Waals surface area contributed by atoms with E-state index in [9.17, 15) is 0 Å². The first-order valence-corrected chi connectivity index (χ1v) is 34.2. The molecule has 0 saturated carbocycles. The summed E-state index contributed by atoms with van der Waals surface area (Å²) in [5, 5.41) is 33.0. The normalized spacial score (nSPS) is 10.2. The van der Waals surface area contributed by atoms with Gasteiger partial charge in [0.1, 0.15) is 0 Å². The molecule has 0 N–H and O–H groups in total. The zero-order valence-corrected chi connectivity index (χ0v) is 59.6. The molecule has 16 aromatic rings. The van der Waals surface area contributed by atoms with Crippen LogP contribution in [0.25, 0.3) is 129 Å². The molecule has 0 heteroatoms. The van der Waals surface area contributed by atoms with Crippen molar-refractivity contribution in [1.29, 1.82) is 0 Å². The molecule has 0 aliphatic rings. The summed E-state index contributed by atoms with van der Waals surface area (Å²) in [5.74, 6) is 0. The predicted molar refractivity (Wildman–Crippen MR) is 418 cm³/mol. The minimum Gasteiger partial charge on any atom is -0.0683 e. The number of fused-ring (bicyclic) bond motifs is 5. The molecule has 0 heterocycles. The largest absolute Gasteiger partial charge is 0.0683 e. The second kappa shape index (κ2) is 34.4. The maximum Gasteiger partial charge on any atom is -0.00239 e. The molecule has 0 atom stereocenters. The van der Waals surface area contributed by atoms with Crippen molar-refractivity contribution in [3.8, 4) is 0 Å². The van der Waals surface area contributed by atoms with Crippen LogP contribution in [0.3, 0.4) is 0 Å². The monoisotopic (exact) mass is 1190 g/mol. The van der Waals surface area contributed by atoms with Gasteiger partial charge in [-0.2, -0.15) is 0 Å². The first-order valence-electron chi connectivity index (χ1n) is 34.2. The van der Waals surface area contributed by atoms with E-state index in [1.54, 1.807) is 0 Å². The van der Waals surface area contributed by atoms with Crippen molar-refractivity contribution in [1.82, 2.24) is 0 Å². The lowest BCUT2D eigenvalue weighted by molar-refractivity contribution is 1.50. The van der Waals surface area contributed by atoms with E-state index in [1.807, 2.05) is 111 Å². The quantitative estimate of drug-likeness (QED) is 0.133. The molecule has 16 rings (SSSR count). The maximum atomic E-state index is 2.33. The van der Waals surface area contributed by atoms with Crippen LogP contribution in [0.15, 0.2) is 206 Å². The van der Waals surface area contributed by atoms with Crippen molar-refractivity contribution >= 4 is 129 Å². The van der Waals surface area contributed by atoms with E-state index in [0.717, 1.165) is 0 Å². The summed E-state index contributed by atoms with van der Waals surface area (Å²) in [6, 6.07) is 75.9. The van der Waals surface area contributed by atoms with Gasteiger partial charge in [-0.25, -0.2) is 0 Å². The molecule has 90 heavy (non-hydrogen) atoms. The third-order valence-corrected chi connectivity index (χ3v) is 16.3. The Balaban J connectivity index is 0.000000203. The highest BCUT2D eigenvalue weighted by molar-refractivity contribution is 6.26. The summed E-state index contributed by atoms with van der Waals surface area (Å²) in [5.41, 5.74) is 10.8. The van der Waals surface area contributed by atoms with E-state index in [2.05, 4.69) is 262 Å². The minimum absolute atomic E-state index is 1.33. The first kappa shape index (κ1) is 72.2. The molecule has 0 nitrogen and oxygen atoms in total. The van der Waals surface area contributed by atoms with Gasteiger partial charge in [0.05, 0.1) is 0 Å². The lowest BCUT2D eigenvalue weighted by Crippen LogP contribution is -1.88. The minimum atomic E-state index is 1.33. The summed E-state index contributed by atoms with van der Waals surface area (Å²) < 4.78 is 0. The van der Waals surface area contributed by atoms with Gasteiger partial charge in [-0.05, 0) is 229 Å². The second-order valence-corrected chi connectivity index (χ2v) is 21.3. The molecule has 0 fully saturated rings. The van der Waals surface area contributed by atoms with Crippen LogP contribution < -0.4 is 0 Å². The molecule has 0 radical (unpaired) electrons. The Hall–Kier alpha value is -8.58. The third-order valence-electron chi connectivity index (χ3n) is 16.3. The van der Waals surface area contributed by atoms with E-state index in [0.29, 0.717) is 0 Å². The smallest absolute Gasteiger partial charge is 0.00239 e. The number of aryl methyl sites for hydroxylation is 8. The van der Waals surface area contributed by atoms with E-state index >= 15 is 0 Å². The summed E-state index contributed by atoms with van der Waals surface area (Å²) in [6.07, 6.45) is 0. The number of hydrogen-bond donors (Lipinski definition) is 0. The van der Waals surface area contributed by atoms with Gasteiger partial charge in [0.2, 0.25) is 0 Å². The average Bonchev–Trinajstić information content (AvgIpc) is 0.797. The number of hydrogen-bond acceptors (Lipinski definition) is 0. The third kappa shape index (κ3) is 14.5. The van der Waals surface area contributed by atoms with Gasteiger partial charge in [0, 0.05) is 0 Å². The molecule has 16 aromatic carbocycles. The van der Waals surface area contributed by atoms with Gasteiger partial charge in [-0.3, -0.25) is 0 Å². The summed E-state index contributed by atoms with van der Waals surface area (Å²) >= 11 is 0. The molecule has 0 amide bonds. The van der Waals surface area contributed by atoms with E-state index in [1.165, 1.54) is 174 Å². The summed E-state index contributed by atoms with van der Waals surface area (Å²) in [6.45, 7) is 49.5. The molecule has 0 unspecified atom stereocenters. The summed E-state index contributed by atoms with van der Waals surface area (Å²) in [7, 11) is 0. The highest BCUT2D eigenvalue weighted by Crippen LogP contribution is 2.41. The summed E-state index contributed by atoms with van der Waals surface area (Å²) in [4.78, 5) is 0. The molecule has 0 spiro atoms. The Labute approximate surface area is 543 Å². The van der Waals surface area contributed by atoms with Gasteiger partial charge in [0.25, 0.3) is 0 Å². The SMILES string of the molecule is CC.CC.CC.CC.CC.CC.CC.CC.Cc1cc2c3ccccc3c(C)cc2c2ccccc12.Cc1cc2ccc3cc(C)cc4ccc(c1)c2c34.Cc1cc2cccc3c(C)cc4cccc1c4c23.Cc1ccc2ccc3c(C)ccc4ccc1c2c43. The van der Waals surface area contributed by atoms with Crippen LogP contribution >= 0.6 is 0 Å². The molecule has 0 saturated heterocycles. The Bertz CT molecular complexity index is 4470. The Morgan fingerprint density at radius 1 is 0.144 bits per heavy atom.